The van der Waals surface area contributed by atoms with E-state index in [1.165, 1.54) is 0 Å². The van der Waals surface area contributed by atoms with Crippen molar-refractivity contribution < 1.29 is 50.3 Å². The van der Waals surface area contributed by atoms with Gasteiger partial charge >= 0.3 is 0 Å². The molecule has 1 aromatic carbocycles. The second kappa shape index (κ2) is 12.3. The lowest BCUT2D eigenvalue weighted by atomic mass is 9.93. The maximum Gasteiger partial charge on any atom is 0.111 e. The summed E-state index contributed by atoms with van der Waals surface area (Å²) in [6, 6.07) is 7.49. The van der Waals surface area contributed by atoms with Gasteiger partial charge in [-0.25, -0.2) is 0 Å². The SMILES string of the molecule is OC[C@H]1O[C@H](C/C=C/c2ccc(/C=C/C[C@H]3O[C@H](CO)[C@@H](O)[C@H](O)[C@@H]3O)cc2)[C@@H](O)[C@@H](O)[C@@H]1O. The standard InChI is InChI=1S/C24H34O10/c25-11-17-21(29)23(31)19(27)15(33-17)5-1-3-13-7-9-14(10-8-13)4-2-6-16-20(28)24(32)22(30)18(12-26)34-16/h1-4,7-10,15-32H,5-6,11-12H2/b3-1+,4-2+/t15-,16-,17-,18-,19-,20-,21-,22-,23-,24-/m1/s1. The Balaban J connectivity index is 1.51. The zero-order valence-corrected chi connectivity index (χ0v) is 18.6. The molecule has 1 aromatic rings. The molecule has 2 aliphatic rings. The molecule has 10 atom stereocenters. The van der Waals surface area contributed by atoms with Crippen molar-refractivity contribution in [3.8, 4) is 0 Å². The van der Waals surface area contributed by atoms with E-state index in [4.69, 9.17) is 9.47 Å². The van der Waals surface area contributed by atoms with E-state index in [2.05, 4.69) is 0 Å². The van der Waals surface area contributed by atoms with E-state index in [-0.39, 0.29) is 12.8 Å². The molecule has 0 unspecified atom stereocenters. The third-order valence-electron chi connectivity index (χ3n) is 6.28. The van der Waals surface area contributed by atoms with Crippen molar-refractivity contribution in [1.82, 2.24) is 0 Å². The molecule has 8 N–H and O–H groups in total. The van der Waals surface area contributed by atoms with E-state index >= 15 is 0 Å². The van der Waals surface area contributed by atoms with Crippen LogP contribution in [0.1, 0.15) is 24.0 Å². The number of aliphatic hydroxyl groups excluding tert-OH is 8. The minimum absolute atomic E-state index is 0.280. The number of hydrogen-bond donors (Lipinski definition) is 8. The van der Waals surface area contributed by atoms with Gasteiger partial charge in [-0.15, -0.1) is 0 Å². The molecule has 2 saturated heterocycles. The number of rotatable bonds is 8. The fourth-order valence-corrected chi connectivity index (χ4v) is 4.14. The Morgan fingerprint density at radius 1 is 0.529 bits per heavy atom. The summed E-state index contributed by atoms with van der Waals surface area (Å²) >= 11 is 0. The van der Waals surface area contributed by atoms with Crippen LogP contribution in [0.3, 0.4) is 0 Å². The molecule has 2 fully saturated rings. The van der Waals surface area contributed by atoms with Gasteiger partial charge in [-0.05, 0) is 24.0 Å². The second-order valence-electron chi connectivity index (χ2n) is 8.68. The van der Waals surface area contributed by atoms with Gasteiger partial charge in [0.2, 0.25) is 0 Å². The van der Waals surface area contributed by atoms with Crippen molar-refractivity contribution in [2.24, 2.45) is 0 Å². The largest absolute Gasteiger partial charge is 0.394 e. The molecule has 0 radical (unpaired) electrons. The Morgan fingerprint density at radius 2 is 0.853 bits per heavy atom. The molecular formula is C24H34O10. The molecule has 34 heavy (non-hydrogen) atoms. The topological polar surface area (TPSA) is 180 Å². The number of aliphatic hydroxyl groups is 8. The van der Waals surface area contributed by atoms with Crippen molar-refractivity contribution in [3.05, 3.63) is 47.5 Å². The van der Waals surface area contributed by atoms with Crippen LogP contribution in [0.5, 0.6) is 0 Å². The van der Waals surface area contributed by atoms with E-state index in [0.717, 1.165) is 11.1 Å². The van der Waals surface area contributed by atoms with Gasteiger partial charge in [0.05, 0.1) is 25.4 Å². The molecule has 2 aliphatic heterocycles. The predicted molar refractivity (Wildman–Crippen MR) is 121 cm³/mol. The Hall–Kier alpha value is -1.70. The van der Waals surface area contributed by atoms with Crippen LogP contribution in [0.25, 0.3) is 12.2 Å². The molecule has 2 heterocycles. The van der Waals surface area contributed by atoms with Gasteiger partial charge < -0.3 is 50.3 Å². The first-order valence-electron chi connectivity index (χ1n) is 11.3. The fourth-order valence-electron chi connectivity index (χ4n) is 4.14. The Labute approximate surface area is 197 Å². The molecular weight excluding hydrogens is 448 g/mol. The van der Waals surface area contributed by atoms with Crippen LogP contribution in [0.4, 0.5) is 0 Å². The Kier molecular flexibility index (Phi) is 9.74. The van der Waals surface area contributed by atoms with Crippen LogP contribution in [0, 0.1) is 0 Å². The molecule has 0 saturated carbocycles. The summed E-state index contributed by atoms with van der Waals surface area (Å²) in [5.41, 5.74) is 1.77. The second-order valence-corrected chi connectivity index (χ2v) is 8.68. The van der Waals surface area contributed by atoms with E-state index < -0.39 is 74.3 Å². The first-order valence-corrected chi connectivity index (χ1v) is 11.3. The van der Waals surface area contributed by atoms with E-state index in [9.17, 15) is 40.9 Å². The van der Waals surface area contributed by atoms with Gasteiger partial charge in [0, 0.05) is 0 Å². The summed E-state index contributed by atoms with van der Waals surface area (Å²) in [6.45, 7) is -0.924. The number of benzene rings is 1. The van der Waals surface area contributed by atoms with Crippen LogP contribution < -0.4 is 0 Å². The van der Waals surface area contributed by atoms with Gasteiger partial charge in [0.1, 0.15) is 48.8 Å². The van der Waals surface area contributed by atoms with Crippen molar-refractivity contribution in [2.75, 3.05) is 13.2 Å². The Morgan fingerprint density at radius 3 is 1.18 bits per heavy atom. The maximum atomic E-state index is 10.1. The lowest BCUT2D eigenvalue weighted by Gasteiger charge is -2.39. The minimum atomic E-state index is -1.39. The third-order valence-corrected chi connectivity index (χ3v) is 6.28. The zero-order chi connectivity index (χ0) is 24.8. The normalized spacial score (nSPS) is 39.2. The smallest absolute Gasteiger partial charge is 0.111 e. The molecule has 0 aromatic heterocycles. The molecule has 3 rings (SSSR count). The summed E-state index contributed by atoms with van der Waals surface area (Å²) in [5.74, 6) is 0. The van der Waals surface area contributed by atoms with Crippen LogP contribution >= 0.6 is 0 Å². The highest BCUT2D eigenvalue weighted by Gasteiger charge is 2.43. The quantitative estimate of drug-likeness (QED) is 0.210. The predicted octanol–water partition coefficient (Wildman–Crippen LogP) is -1.82. The van der Waals surface area contributed by atoms with E-state index in [1.54, 1.807) is 12.2 Å². The van der Waals surface area contributed by atoms with Crippen LogP contribution in [0.2, 0.25) is 0 Å². The average Bonchev–Trinajstić information content (AvgIpc) is 2.85. The van der Waals surface area contributed by atoms with Crippen LogP contribution in [-0.4, -0.2) is 115 Å². The van der Waals surface area contributed by atoms with Crippen LogP contribution in [-0.2, 0) is 9.47 Å². The monoisotopic (exact) mass is 482 g/mol. The molecule has 0 spiro atoms. The molecule has 0 amide bonds. The maximum absolute atomic E-state index is 10.1. The molecule has 0 bridgehead atoms. The summed E-state index contributed by atoms with van der Waals surface area (Å²) in [6.07, 6.45) is -3.66. The van der Waals surface area contributed by atoms with Crippen molar-refractivity contribution in [2.45, 2.75) is 73.9 Å². The molecule has 190 valence electrons. The highest BCUT2D eigenvalue weighted by atomic mass is 16.5. The summed E-state index contributed by atoms with van der Waals surface area (Å²) < 4.78 is 10.9. The first kappa shape index (κ1) is 26.9. The first-order chi connectivity index (χ1) is 16.3. The zero-order valence-electron chi connectivity index (χ0n) is 18.6. The van der Waals surface area contributed by atoms with Gasteiger partial charge in [-0.3, -0.25) is 0 Å². The lowest BCUT2D eigenvalue weighted by molar-refractivity contribution is -0.227. The minimum Gasteiger partial charge on any atom is -0.394 e. The summed E-state index contributed by atoms with van der Waals surface area (Å²) in [5, 5.41) is 78.0. The van der Waals surface area contributed by atoms with Gasteiger partial charge in [-0.1, -0.05) is 48.6 Å². The average molecular weight is 483 g/mol. The van der Waals surface area contributed by atoms with Crippen molar-refractivity contribution >= 4 is 12.2 Å². The van der Waals surface area contributed by atoms with Crippen LogP contribution in [0.15, 0.2) is 36.4 Å². The fraction of sp³-hybridized carbons (Fsp3) is 0.583. The van der Waals surface area contributed by atoms with E-state index in [1.807, 2.05) is 36.4 Å². The van der Waals surface area contributed by atoms with Crippen molar-refractivity contribution in [3.63, 3.8) is 0 Å². The highest BCUT2D eigenvalue weighted by Crippen LogP contribution is 2.25. The lowest BCUT2D eigenvalue weighted by Crippen LogP contribution is -2.58. The number of hydrogen-bond acceptors (Lipinski definition) is 10. The van der Waals surface area contributed by atoms with Gasteiger partial charge in [-0.2, -0.15) is 0 Å². The molecule has 10 nitrogen and oxygen atoms in total. The summed E-state index contributed by atoms with van der Waals surface area (Å²) in [7, 11) is 0. The van der Waals surface area contributed by atoms with Gasteiger partial charge in [0.15, 0.2) is 0 Å². The van der Waals surface area contributed by atoms with E-state index in [0.29, 0.717) is 0 Å². The molecule has 10 heteroatoms. The molecule has 0 aliphatic carbocycles. The summed E-state index contributed by atoms with van der Waals surface area (Å²) in [4.78, 5) is 0. The van der Waals surface area contributed by atoms with Gasteiger partial charge in [0.25, 0.3) is 0 Å². The Bertz CT molecular complexity index is 741. The highest BCUT2D eigenvalue weighted by molar-refractivity contribution is 5.55. The van der Waals surface area contributed by atoms with Crippen molar-refractivity contribution in [1.29, 1.82) is 0 Å². The number of ether oxygens (including phenoxy) is 2. The third kappa shape index (κ3) is 6.29.